The van der Waals surface area contributed by atoms with Crippen LogP contribution in [0.3, 0.4) is 0 Å². The SMILES string of the molecule is c1ccc(-c2cccc(-c3nc(-c4cccc(-c5ccccc5)c4)nc(N4c5ccccc5-c5nccc6c5c4nc4ccccc46)n3)c2)cc1. The van der Waals surface area contributed by atoms with Gasteiger partial charge in [0.05, 0.1) is 22.3 Å². The second-order valence-electron chi connectivity index (χ2n) is 12.6. The number of nitrogens with zero attached hydrogens (tertiary/aromatic N) is 6. The van der Waals surface area contributed by atoms with Gasteiger partial charge in [0.2, 0.25) is 5.95 Å². The molecule has 1 aliphatic heterocycles. The minimum atomic E-state index is 0.483. The Hall–Kier alpha value is -7.05. The summed E-state index contributed by atoms with van der Waals surface area (Å²) in [6, 6.07) is 56.1. The van der Waals surface area contributed by atoms with Gasteiger partial charge in [-0.05, 0) is 58.0 Å². The first-order chi connectivity index (χ1) is 25.3. The fourth-order valence-corrected chi connectivity index (χ4v) is 7.09. The summed E-state index contributed by atoms with van der Waals surface area (Å²) in [5.74, 6) is 2.37. The number of anilines is 3. The van der Waals surface area contributed by atoms with Crippen LogP contribution in [-0.4, -0.2) is 24.9 Å². The van der Waals surface area contributed by atoms with Crippen LogP contribution in [-0.2, 0) is 0 Å². The predicted octanol–water partition coefficient (Wildman–Crippen LogP) is 11.1. The summed E-state index contributed by atoms with van der Waals surface area (Å²) in [6.45, 7) is 0. The molecule has 10 rings (SSSR count). The van der Waals surface area contributed by atoms with E-state index >= 15 is 0 Å². The van der Waals surface area contributed by atoms with E-state index in [0.29, 0.717) is 17.6 Å². The van der Waals surface area contributed by atoms with Crippen molar-refractivity contribution in [3.05, 3.63) is 170 Å². The molecule has 0 N–H and O–H groups in total. The molecule has 51 heavy (non-hydrogen) atoms. The molecule has 6 heteroatoms. The number of hydrogen-bond donors (Lipinski definition) is 0. The van der Waals surface area contributed by atoms with E-state index in [1.54, 1.807) is 0 Å². The Bertz CT molecular complexity index is 2660. The van der Waals surface area contributed by atoms with E-state index in [4.69, 9.17) is 24.9 Å². The van der Waals surface area contributed by atoms with Gasteiger partial charge in [-0.1, -0.05) is 133 Å². The van der Waals surface area contributed by atoms with Gasteiger partial charge in [0.15, 0.2) is 17.5 Å². The van der Waals surface area contributed by atoms with Crippen molar-refractivity contribution in [2.75, 3.05) is 4.90 Å². The molecule has 1 aliphatic rings. The molecule has 0 amide bonds. The number of para-hydroxylation sites is 2. The fourth-order valence-electron chi connectivity index (χ4n) is 7.09. The second kappa shape index (κ2) is 11.8. The molecule has 0 saturated carbocycles. The lowest BCUT2D eigenvalue weighted by Crippen LogP contribution is -2.20. The quantitative estimate of drug-likeness (QED) is 0.172. The van der Waals surface area contributed by atoms with Crippen molar-refractivity contribution < 1.29 is 0 Å². The topological polar surface area (TPSA) is 67.7 Å². The molecule has 0 bridgehead atoms. The molecule has 4 heterocycles. The second-order valence-corrected chi connectivity index (χ2v) is 12.6. The zero-order valence-electron chi connectivity index (χ0n) is 27.3. The summed E-state index contributed by atoms with van der Waals surface area (Å²) in [5.41, 5.74) is 9.90. The van der Waals surface area contributed by atoms with E-state index in [1.165, 1.54) is 0 Å². The van der Waals surface area contributed by atoms with E-state index in [-0.39, 0.29) is 0 Å². The van der Waals surface area contributed by atoms with Gasteiger partial charge < -0.3 is 0 Å². The number of aromatic nitrogens is 5. The monoisotopic (exact) mass is 652 g/mol. The van der Waals surface area contributed by atoms with Crippen LogP contribution in [0.25, 0.3) is 78.0 Å². The zero-order chi connectivity index (χ0) is 33.7. The van der Waals surface area contributed by atoms with Gasteiger partial charge in [-0.3, -0.25) is 9.88 Å². The molecule has 0 atom stereocenters. The minimum Gasteiger partial charge on any atom is -0.261 e. The van der Waals surface area contributed by atoms with E-state index in [9.17, 15) is 0 Å². The number of benzene rings is 6. The first kappa shape index (κ1) is 28.9. The first-order valence-electron chi connectivity index (χ1n) is 16.9. The van der Waals surface area contributed by atoms with Crippen molar-refractivity contribution in [1.29, 1.82) is 0 Å². The fraction of sp³-hybridized carbons (Fsp3) is 0. The first-order valence-corrected chi connectivity index (χ1v) is 16.9. The van der Waals surface area contributed by atoms with Crippen LogP contribution in [0.15, 0.2) is 170 Å². The highest BCUT2D eigenvalue weighted by molar-refractivity contribution is 6.18. The summed E-state index contributed by atoms with van der Waals surface area (Å²) >= 11 is 0. The third-order valence-electron chi connectivity index (χ3n) is 9.49. The van der Waals surface area contributed by atoms with Crippen LogP contribution in [0.1, 0.15) is 0 Å². The Balaban J connectivity index is 1.24. The molecule has 6 nitrogen and oxygen atoms in total. The highest BCUT2D eigenvalue weighted by atomic mass is 15.3. The van der Waals surface area contributed by atoms with E-state index < -0.39 is 0 Å². The van der Waals surface area contributed by atoms with Crippen molar-refractivity contribution in [3.63, 3.8) is 0 Å². The van der Waals surface area contributed by atoms with E-state index in [2.05, 4.69) is 138 Å². The standard InChI is InChI=1S/C45H28N6/c1-3-13-29(14-4-1)31-17-11-19-33(27-31)42-48-43(34-20-12-18-32(28-34)30-15-5-2-6-16-30)50-45(49-42)51-39-24-10-8-22-37(39)41-40-36(25-26-46-41)35-21-7-9-23-38(35)47-44(40)51/h1-28H. The Kier molecular flexibility index (Phi) is 6.70. The van der Waals surface area contributed by atoms with Crippen molar-refractivity contribution in [2.24, 2.45) is 0 Å². The molecule has 3 aromatic heterocycles. The average molecular weight is 653 g/mol. The van der Waals surface area contributed by atoms with Crippen LogP contribution in [0.2, 0.25) is 0 Å². The molecule has 0 fully saturated rings. The van der Waals surface area contributed by atoms with E-state index in [0.717, 1.165) is 77.8 Å². The number of hydrogen-bond acceptors (Lipinski definition) is 6. The van der Waals surface area contributed by atoms with Crippen molar-refractivity contribution >= 4 is 39.1 Å². The summed E-state index contributed by atoms with van der Waals surface area (Å²) in [6.07, 6.45) is 1.89. The molecule has 6 aromatic carbocycles. The van der Waals surface area contributed by atoms with Crippen molar-refractivity contribution in [3.8, 4) is 56.3 Å². The minimum absolute atomic E-state index is 0.483. The molecule has 0 spiro atoms. The van der Waals surface area contributed by atoms with Gasteiger partial charge in [-0.15, -0.1) is 0 Å². The molecular formula is C45H28N6. The van der Waals surface area contributed by atoms with Crippen LogP contribution >= 0.6 is 0 Å². The maximum absolute atomic E-state index is 5.29. The maximum Gasteiger partial charge on any atom is 0.240 e. The van der Waals surface area contributed by atoms with Gasteiger partial charge in [0.1, 0.15) is 0 Å². The molecule has 0 saturated heterocycles. The lowest BCUT2D eigenvalue weighted by atomic mass is 9.96. The molecular weight excluding hydrogens is 625 g/mol. The summed E-state index contributed by atoms with van der Waals surface area (Å²) in [5, 5.41) is 3.13. The van der Waals surface area contributed by atoms with Crippen LogP contribution in [0.5, 0.6) is 0 Å². The lowest BCUT2D eigenvalue weighted by Gasteiger charge is -2.30. The van der Waals surface area contributed by atoms with E-state index in [1.807, 2.05) is 36.5 Å². The Morgan fingerprint density at radius 2 is 0.980 bits per heavy atom. The third-order valence-corrected chi connectivity index (χ3v) is 9.49. The maximum atomic E-state index is 5.29. The molecule has 0 radical (unpaired) electrons. The third kappa shape index (κ3) is 4.92. The van der Waals surface area contributed by atoms with Crippen LogP contribution in [0, 0.1) is 0 Å². The number of fused-ring (bicyclic) bond motifs is 4. The van der Waals surface area contributed by atoms with Crippen molar-refractivity contribution in [2.45, 2.75) is 0 Å². The number of rotatable bonds is 5. The summed E-state index contributed by atoms with van der Waals surface area (Å²) < 4.78 is 0. The van der Waals surface area contributed by atoms with Crippen molar-refractivity contribution in [1.82, 2.24) is 24.9 Å². The highest BCUT2D eigenvalue weighted by Gasteiger charge is 2.31. The molecule has 0 aliphatic carbocycles. The van der Waals surface area contributed by atoms with Crippen LogP contribution < -0.4 is 4.90 Å². The van der Waals surface area contributed by atoms with Gasteiger partial charge in [-0.2, -0.15) is 9.97 Å². The molecule has 238 valence electrons. The molecule has 0 unspecified atom stereocenters. The smallest absolute Gasteiger partial charge is 0.240 e. The largest absolute Gasteiger partial charge is 0.261 e. The zero-order valence-corrected chi connectivity index (χ0v) is 27.3. The Morgan fingerprint density at radius 3 is 1.67 bits per heavy atom. The van der Waals surface area contributed by atoms with Gasteiger partial charge in [0, 0.05) is 28.3 Å². The van der Waals surface area contributed by atoms with Gasteiger partial charge in [-0.25, -0.2) is 9.97 Å². The summed E-state index contributed by atoms with van der Waals surface area (Å²) in [4.78, 5) is 27.9. The highest BCUT2D eigenvalue weighted by Crippen LogP contribution is 2.49. The normalized spacial score (nSPS) is 11.9. The Morgan fingerprint density at radius 1 is 0.412 bits per heavy atom. The summed E-state index contributed by atoms with van der Waals surface area (Å²) in [7, 11) is 0. The number of pyridine rings is 2. The Labute approximate surface area is 294 Å². The predicted molar refractivity (Wildman–Crippen MR) is 206 cm³/mol. The average Bonchev–Trinajstić information content (AvgIpc) is 3.21. The van der Waals surface area contributed by atoms with Gasteiger partial charge in [0.25, 0.3) is 0 Å². The van der Waals surface area contributed by atoms with Gasteiger partial charge >= 0.3 is 0 Å². The lowest BCUT2D eigenvalue weighted by molar-refractivity contribution is 1.01. The molecule has 9 aromatic rings. The van der Waals surface area contributed by atoms with Crippen LogP contribution in [0.4, 0.5) is 17.5 Å².